The fourth-order valence-corrected chi connectivity index (χ4v) is 4.23. The van der Waals surface area contributed by atoms with Crippen molar-refractivity contribution in [1.82, 2.24) is 0 Å². The van der Waals surface area contributed by atoms with Crippen molar-refractivity contribution < 1.29 is 4.39 Å². The van der Waals surface area contributed by atoms with Crippen LogP contribution in [-0.4, -0.2) is 0 Å². The molecular formula is C30H23FN2. The summed E-state index contributed by atoms with van der Waals surface area (Å²) in [6, 6.07) is 37.2. The van der Waals surface area contributed by atoms with Gasteiger partial charge in [-0.05, 0) is 87.0 Å². The van der Waals surface area contributed by atoms with E-state index < -0.39 is 0 Å². The van der Waals surface area contributed by atoms with Gasteiger partial charge >= 0.3 is 0 Å². The van der Waals surface area contributed by atoms with Gasteiger partial charge in [-0.15, -0.1) is 0 Å². The lowest BCUT2D eigenvalue weighted by Crippen LogP contribution is -1.92. The highest BCUT2D eigenvalue weighted by Gasteiger charge is 2.10. The van der Waals surface area contributed by atoms with Crippen LogP contribution in [-0.2, 0) is 0 Å². The molecule has 0 aliphatic rings. The maximum absolute atomic E-state index is 13.8. The van der Waals surface area contributed by atoms with Crippen LogP contribution in [0.25, 0.3) is 44.5 Å². The van der Waals surface area contributed by atoms with Crippen LogP contribution < -0.4 is 11.5 Å². The van der Waals surface area contributed by atoms with E-state index in [2.05, 4.69) is 42.5 Å². The Morgan fingerprint density at radius 3 is 1.39 bits per heavy atom. The molecule has 0 aliphatic heterocycles. The van der Waals surface area contributed by atoms with E-state index >= 15 is 0 Å². The average Bonchev–Trinajstić information content (AvgIpc) is 2.84. The molecule has 160 valence electrons. The molecular weight excluding hydrogens is 407 g/mol. The molecule has 2 nitrogen and oxygen atoms in total. The molecule has 0 saturated carbocycles. The highest BCUT2D eigenvalue weighted by atomic mass is 19.1. The summed E-state index contributed by atoms with van der Waals surface area (Å²) in [5, 5.41) is 0. The smallest absolute Gasteiger partial charge is 0.123 e. The van der Waals surface area contributed by atoms with Gasteiger partial charge in [-0.3, -0.25) is 0 Å². The first-order chi connectivity index (χ1) is 16.1. The van der Waals surface area contributed by atoms with Crippen LogP contribution in [0.15, 0.2) is 115 Å². The lowest BCUT2D eigenvalue weighted by atomic mass is 9.91. The van der Waals surface area contributed by atoms with Crippen molar-refractivity contribution in [2.75, 3.05) is 11.5 Å². The van der Waals surface area contributed by atoms with Crippen LogP contribution in [0.4, 0.5) is 15.8 Å². The predicted molar refractivity (Wildman–Crippen MR) is 137 cm³/mol. The number of nitrogens with two attached hydrogens (primary N) is 2. The standard InChI is InChI=1S/C30H23FN2/c31-26-11-5-8-22(16-26)20-6-3-9-23(14-20)29-12-1-2-13-30(29)24-10-4-7-21(15-24)25-17-27(32)19-28(33)18-25/h1-19H,32-33H2. The molecule has 3 heteroatoms. The molecule has 0 saturated heterocycles. The summed E-state index contributed by atoms with van der Waals surface area (Å²) < 4.78 is 13.8. The fourth-order valence-electron chi connectivity index (χ4n) is 4.23. The Labute approximate surface area is 193 Å². The summed E-state index contributed by atoms with van der Waals surface area (Å²) in [7, 11) is 0. The van der Waals surface area contributed by atoms with E-state index in [-0.39, 0.29) is 5.82 Å². The zero-order chi connectivity index (χ0) is 22.8. The minimum atomic E-state index is -0.239. The predicted octanol–water partition coefficient (Wildman–Crippen LogP) is 7.66. The molecule has 0 aromatic heterocycles. The number of nitrogen functional groups attached to an aromatic ring is 2. The van der Waals surface area contributed by atoms with Crippen LogP contribution in [0.3, 0.4) is 0 Å². The summed E-state index contributed by atoms with van der Waals surface area (Å²) in [5.41, 5.74) is 21.6. The third kappa shape index (κ3) is 4.35. The first-order valence-corrected chi connectivity index (χ1v) is 10.8. The van der Waals surface area contributed by atoms with E-state index in [9.17, 15) is 4.39 Å². The van der Waals surface area contributed by atoms with Crippen LogP contribution in [0.5, 0.6) is 0 Å². The van der Waals surface area contributed by atoms with Crippen molar-refractivity contribution in [1.29, 1.82) is 0 Å². The van der Waals surface area contributed by atoms with Crippen LogP contribution in [0.1, 0.15) is 0 Å². The van der Waals surface area contributed by atoms with Gasteiger partial charge in [0, 0.05) is 11.4 Å². The van der Waals surface area contributed by atoms with Crippen LogP contribution >= 0.6 is 0 Å². The minimum absolute atomic E-state index is 0.239. The monoisotopic (exact) mass is 430 g/mol. The van der Waals surface area contributed by atoms with E-state index in [0.717, 1.165) is 44.5 Å². The average molecular weight is 431 g/mol. The minimum Gasteiger partial charge on any atom is -0.399 e. The van der Waals surface area contributed by atoms with Crippen LogP contribution in [0.2, 0.25) is 0 Å². The molecule has 0 radical (unpaired) electrons. The summed E-state index contributed by atoms with van der Waals surface area (Å²) >= 11 is 0. The Balaban J connectivity index is 1.59. The van der Waals surface area contributed by atoms with Gasteiger partial charge in [0.15, 0.2) is 0 Å². The van der Waals surface area contributed by atoms with Gasteiger partial charge in [-0.25, -0.2) is 4.39 Å². The van der Waals surface area contributed by atoms with Crippen LogP contribution in [0, 0.1) is 5.82 Å². The molecule has 0 amide bonds. The fraction of sp³-hybridized carbons (Fsp3) is 0. The van der Waals surface area contributed by atoms with E-state index in [0.29, 0.717) is 11.4 Å². The highest BCUT2D eigenvalue weighted by Crippen LogP contribution is 2.36. The SMILES string of the molecule is Nc1cc(N)cc(-c2cccc(-c3ccccc3-c3cccc(-c4cccc(F)c4)c3)c2)c1. The lowest BCUT2D eigenvalue weighted by molar-refractivity contribution is 0.628. The molecule has 0 bridgehead atoms. The number of halogens is 1. The van der Waals surface area contributed by atoms with Crippen molar-refractivity contribution in [3.8, 4) is 44.5 Å². The van der Waals surface area contributed by atoms with E-state index in [1.807, 2.05) is 48.5 Å². The Bertz CT molecular complexity index is 1440. The second kappa shape index (κ2) is 8.64. The molecule has 33 heavy (non-hydrogen) atoms. The van der Waals surface area contributed by atoms with Gasteiger partial charge in [0.05, 0.1) is 0 Å². The van der Waals surface area contributed by atoms with Crippen molar-refractivity contribution in [3.63, 3.8) is 0 Å². The topological polar surface area (TPSA) is 52.0 Å². The van der Waals surface area contributed by atoms with Gasteiger partial charge in [0.2, 0.25) is 0 Å². The molecule has 0 unspecified atom stereocenters. The van der Waals surface area contributed by atoms with E-state index in [4.69, 9.17) is 11.5 Å². The molecule has 0 atom stereocenters. The third-order valence-corrected chi connectivity index (χ3v) is 5.74. The number of rotatable bonds is 4. The molecule has 0 heterocycles. The Morgan fingerprint density at radius 1 is 0.394 bits per heavy atom. The van der Waals surface area contributed by atoms with Gasteiger partial charge in [0.1, 0.15) is 5.82 Å². The second-order valence-corrected chi connectivity index (χ2v) is 8.11. The number of benzene rings is 5. The quantitative estimate of drug-likeness (QED) is 0.288. The van der Waals surface area contributed by atoms with E-state index in [1.165, 1.54) is 6.07 Å². The van der Waals surface area contributed by atoms with Crippen molar-refractivity contribution >= 4 is 11.4 Å². The molecule has 5 aromatic rings. The summed E-state index contributed by atoms with van der Waals surface area (Å²) in [6.07, 6.45) is 0. The van der Waals surface area contributed by atoms with Crippen molar-refractivity contribution in [2.45, 2.75) is 0 Å². The number of hydrogen-bond acceptors (Lipinski definition) is 2. The molecule has 0 fully saturated rings. The number of anilines is 2. The van der Waals surface area contributed by atoms with E-state index in [1.54, 1.807) is 18.2 Å². The summed E-state index contributed by atoms with van der Waals surface area (Å²) in [5.74, 6) is -0.239. The zero-order valence-corrected chi connectivity index (χ0v) is 18.0. The molecule has 5 aromatic carbocycles. The molecule has 0 aliphatic carbocycles. The highest BCUT2D eigenvalue weighted by molar-refractivity contribution is 5.87. The summed E-state index contributed by atoms with van der Waals surface area (Å²) in [6.45, 7) is 0. The normalized spacial score (nSPS) is 10.8. The second-order valence-electron chi connectivity index (χ2n) is 8.11. The largest absolute Gasteiger partial charge is 0.399 e. The maximum Gasteiger partial charge on any atom is 0.123 e. The Hall–Kier alpha value is -4.37. The van der Waals surface area contributed by atoms with Gasteiger partial charge in [-0.2, -0.15) is 0 Å². The van der Waals surface area contributed by atoms with Gasteiger partial charge in [-0.1, -0.05) is 72.8 Å². The first kappa shape index (κ1) is 20.5. The molecule has 0 spiro atoms. The summed E-state index contributed by atoms with van der Waals surface area (Å²) in [4.78, 5) is 0. The number of hydrogen-bond donors (Lipinski definition) is 2. The van der Waals surface area contributed by atoms with Gasteiger partial charge < -0.3 is 11.5 Å². The first-order valence-electron chi connectivity index (χ1n) is 10.8. The Kier molecular flexibility index (Phi) is 5.37. The molecule has 4 N–H and O–H groups in total. The van der Waals surface area contributed by atoms with Gasteiger partial charge in [0.25, 0.3) is 0 Å². The Morgan fingerprint density at radius 2 is 0.848 bits per heavy atom. The lowest BCUT2D eigenvalue weighted by Gasteiger charge is -2.13. The zero-order valence-electron chi connectivity index (χ0n) is 18.0. The maximum atomic E-state index is 13.8. The van der Waals surface area contributed by atoms with Crippen molar-refractivity contribution in [3.05, 3.63) is 121 Å². The molecule has 5 rings (SSSR count). The third-order valence-electron chi connectivity index (χ3n) is 5.74. The van der Waals surface area contributed by atoms with Crippen molar-refractivity contribution in [2.24, 2.45) is 0 Å².